The molecular formula is C15H16FN3O. The zero-order chi connectivity index (χ0) is 14.1. The normalized spacial score (nSPS) is 15.9. The molecular weight excluding hydrogens is 257 g/mol. The summed E-state index contributed by atoms with van der Waals surface area (Å²) in [5, 5.41) is 9.67. The smallest absolute Gasteiger partial charge is 0.272 e. The fourth-order valence-corrected chi connectivity index (χ4v) is 2.23. The first-order valence-corrected chi connectivity index (χ1v) is 6.75. The second-order valence-electron chi connectivity index (χ2n) is 5.20. The first kappa shape index (κ1) is 12.8. The first-order valence-electron chi connectivity index (χ1n) is 6.75. The molecule has 1 atom stereocenters. The van der Waals surface area contributed by atoms with Crippen LogP contribution in [-0.2, 0) is 0 Å². The van der Waals surface area contributed by atoms with E-state index in [-0.39, 0.29) is 11.7 Å². The van der Waals surface area contributed by atoms with Gasteiger partial charge in [-0.25, -0.2) is 4.39 Å². The van der Waals surface area contributed by atoms with Crippen LogP contribution in [0.2, 0.25) is 0 Å². The average molecular weight is 273 g/mol. The van der Waals surface area contributed by atoms with Gasteiger partial charge in [0.15, 0.2) is 0 Å². The van der Waals surface area contributed by atoms with Gasteiger partial charge >= 0.3 is 0 Å². The Morgan fingerprint density at radius 2 is 2.20 bits per heavy atom. The summed E-state index contributed by atoms with van der Waals surface area (Å²) in [5.74, 6) is -0.0852. The summed E-state index contributed by atoms with van der Waals surface area (Å²) in [6.45, 7) is 1.75. The molecule has 1 unspecified atom stereocenters. The van der Waals surface area contributed by atoms with Crippen molar-refractivity contribution in [2.45, 2.75) is 31.7 Å². The van der Waals surface area contributed by atoms with E-state index in [1.165, 1.54) is 6.07 Å². The molecule has 4 nitrogen and oxygen atoms in total. The van der Waals surface area contributed by atoms with Crippen molar-refractivity contribution in [1.29, 1.82) is 0 Å². The Morgan fingerprint density at radius 3 is 2.90 bits per heavy atom. The molecule has 1 aromatic carbocycles. The zero-order valence-electron chi connectivity index (χ0n) is 11.2. The summed E-state index contributed by atoms with van der Waals surface area (Å²) in [4.78, 5) is 12.1. The lowest BCUT2D eigenvalue weighted by molar-refractivity contribution is 0.0934. The number of H-pyrrole nitrogens is 1. The van der Waals surface area contributed by atoms with Crippen molar-refractivity contribution < 1.29 is 9.18 Å². The Balaban J connectivity index is 1.70. The fraction of sp³-hybridized carbons (Fsp3) is 0.333. The van der Waals surface area contributed by atoms with Gasteiger partial charge in [-0.15, -0.1) is 0 Å². The lowest BCUT2D eigenvalue weighted by Crippen LogP contribution is -2.27. The monoisotopic (exact) mass is 273 g/mol. The minimum Gasteiger partial charge on any atom is -0.344 e. The molecule has 1 aliphatic rings. The van der Waals surface area contributed by atoms with E-state index in [0.29, 0.717) is 17.2 Å². The van der Waals surface area contributed by atoms with E-state index in [1.54, 1.807) is 31.2 Å². The highest BCUT2D eigenvalue weighted by atomic mass is 19.1. The van der Waals surface area contributed by atoms with Crippen LogP contribution in [0.1, 0.15) is 53.5 Å². The second-order valence-corrected chi connectivity index (χ2v) is 5.20. The molecule has 20 heavy (non-hydrogen) atoms. The number of benzene rings is 1. The second kappa shape index (κ2) is 5.07. The number of rotatable bonds is 4. The third-order valence-corrected chi connectivity index (χ3v) is 3.57. The van der Waals surface area contributed by atoms with E-state index in [2.05, 4.69) is 15.5 Å². The van der Waals surface area contributed by atoms with Crippen LogP contribution in [0.25, 0.3) is 0 Å². The molecule has 0 radical (unpaired) electrons. The van der Waals surface area contributed by atoms with E-state index < -0.39 is 6.04 Å². The van der Waals surface area contributed by atoms with Crippen molar-refractivity contribution in [1.82, 2.24) is 15.5 Å². The SMILES string of the molecule is CC(NC(=O)c1cc(C2CC2)[nH]n1)c1ccccc1F. The zero-order valence-corrected chi connectivity index (χ0v) is 11.2. The Bertz CT molecular complexity index is 634. The molecule has 0 saturated heterocycles. The van der Waals surface area contributed by atoms with Gasteiger partial charge in [-0.1, -0.05) is 18.2 Å². The van der Waals surface area contributed by atoms with E-state index in [4.69, 9.17) is 0 Å². The summed E-state index contributed by atoms with van der Waals surface area (Å²) in [7, 11) is 0. The minimum absolute atomic E-state index is 0.288. The van der Waals surface area contributed by atoms with Crippen LogP contribution in [0.5, 0.6) is 0 Å². The van der Waals surface area contributed by atoms with Crippen LogP contribution >= 0.6 is 0 Å². The van der Waals surface area contributed by atoms with Crippen molar-refractivity contribution >= 4 is 5.91 Å². The molecule has 1 saturated carbocycles. The number of hydrogen-bond acceptors (Lipinski definition) is 2. The minimum atomic E-state index is -0.398. The number of nitrogens with one attached hydrogen (secondary N) is 2. The average Bonchev–Trinajstić information content (AvgIpc) is 3.16. The highest BCUT2D eigenvalue weighted by Crippen LogP contribution is 2.39. The van der Waals surface area contributed by atoms with Gasteiger partial charge in [0, 0.05) is 17.2 Å². The third kappa shape index (κ3) is 2.57. The van der Waals surface area contributed by atoms with Gasteiger partial charge in [0.1, 0.15) is 11.5 Å². The van der Waals surface area contributed by atoms with Crippen molar-refractivity contribution in [3.63, 3.8) is 0 Å². The van der Waals surface area contributed by atoms with Gasteiger partial charge in [-0.05, 0) is 31.9 Å². The number of amides is 1. The number of carbonyl (C=O) groups is 1. The molecule has 1 heterocycles. The van der Waals surface area contributed by atoms with Gasteiger partial charge in [0.2, 0.25) is 0 Å². The number of aromatic nitrogens is 2. The quantitative estimate of drug-likeness (QED) is 0.899. The predicted octanol–water partition coefficient (Wildman–Crippen LogP) is 2.92. The lowest BCUT2D eigenvalue weighted by Gasteiger charge is -2.13. The molecule has 1 amide bonds. The fourth-order valence-electron chi connectivity index (χ4n) is 2.23. The third-order valence-electron chi connectivity index (χ3n) is 3.57. The number of aromatic amines is 1. The van der Waals surface area contributed by atoms with Crippen molar-refractivity contribution in [3.05, 3.63) is 53.1 Å². The van der Waals surface area contributed by atoms with Crippen LogP contribution in [0.3, 0.4) is 0 Å². The van der Waals surface area contributed by atoms with Crippen LogP contribution < -0.4 is 5.32 Å². The molecule has 104 valence electrons. The van der Waals surface area contributed by atoms with Gasteiger partial charge in [-0.3, -0.25) is 9.89 Å². The summed E-state index contributed by atoms with van der Waals surface area (Å²) in [6, 6.07) is 7.81. The summed E-state index contributed by atoms with van der Waals surface area (Å²) in [5.41, 5.74) is 1.84. The molecule has 2 N–H and O–H groups in total. The van der Waals surface area contributed by atoms with E-state index >= 15 is 0 Å². The maximum atomic E-state index is 13.6. The molecule has 0 aliphatic heterocycles. The van der Waals surface area contributed by atoms with Crippen molar-refractivity contribution in [2.24, 2.45) is 0 Å². The maximum Gasteiger partial charge on any atom is 0.272 e. The van der Waals surface area contributed by atoms with E-state index in [1.807, 2.05) is 0 Å². The number of hydrogen-bond donors (Lipinski definition) is 2. The van der Waals surface area contributed by atoms with Gasteiger partial charge in [-0.2, -0.15) is 5.10 Å². The Hall–Kier alpha value is -2.17. The van der Waals surface area contributed by atoms with Crippen LogP contribution in [0.4, 0.5) is 4.39 Å². The number of halogens is 1. The molecule has 1 fully saturated rings. The van der Waals surface area contributed by atoms with Crippen LogP contribution in [0.15, 0.2) is 30.3 Å². The predicted molar refractivity (Wildman–Crippen MR) is 72.8 cm³/mol. The highest BCUT2D eigenvalue weighted by Gasteiger charge is 2.26. The van der Waals surface area contributed by atoms with Crippen LogP contribution in [0, 0.1) is 5.82 Å². The Kier molecular flexibility index (Phi) is 3.26. The molecule has 0 bridgehead atoms. The lowest BCUT2D eigenvalue weighted by atomic mass is 10.1. The van der Waals surface area contributed by atoms with E-state index in [9.17, 15) is 9.18 Å². The number of carbonyl (C=O) groups excluding carboxylic acids is 1. The Labute approximate surface area is 116 Å². The summed E-state index contributed by atoms with van der Waals surface area (Å²) >= 11 is 0. The standard InChI is InChI=1S/C15H16FN3O/c1-9(11-4-2-3-5-12(11)16)17-15(20)14-8-13(18-19-14)10-6-7-10/h2-5,8-10H,6-7H2,1H3,(H,17,20)(H,18,19). The molecule has 2 aromatic rings. The molecule has 5 heteroatoms. The largest absolute Gasteiger partial charge is 0.344 e. The van der Waals surface area contributed by atoms with Crippen molar-refractivity contribution in [2.75, 3.05) is 0 Å². The van der Waals surface area contributed by atoms with Gasteiger partial charge < -0.3 is 5.32 Å². The highest BCUT2D eigenvalue weighted by molar-refractivity contribution is 5.92. The Morgan fingerprint density at radius 1 is 1.45 bits per heavy atom. The molecule has 1 aliphatic carbocycles. The van der Waals surface area contributed by atoms with E-state index in [0.717, 1.165) is 18.5 Å². The molecule has 1 aromatic heterocycles. The molecule has 3 rings (SSSR count). The maximum absolute atomic E-state index is 13.6. The van der Waals surface area contributed by atoms with Gasteiger partial charge in [0.05, 0.1) is 6.04 Å². The van der Waals surface area contributed by atoms with Crippen molar-refractivity contribution in [3.8, 4) is 0 Å². The topological polar surface area (TPSA) is 57.8 Å². The summed E-state index contributed by atoms with van der Waals surface area (Å²) in [6.07, 6.45) is 2.30. The first-order chi connectivity index (χ1) is 9.65. The number of nitrogens with zero attached hydrogens (tertiary/aromatic N) is 1. The van der Waals surface area contributed by atoms with Gasteiger partial charge in [0.25, 0.3) is 5.91 Å². The summed E-state index contributed by atoms with van der Waals surface area (Å²) < 4.78 is 13.6. The van der Waals surface area contributed by atoms with Crippen LogP contribution in [-0.4, -0.2) is 16.1 Å². The molecule has 0 spiro atoms.